The number of amides is 1. The van der Waals surface area contributed by atoms with Crippen LogP contribution in [0.5, 0.6) is 5.75 Å². The van der Waals surface area contributed by atoms with Crippen molar-refractivity contribution in [2.75, 3.05) is 6.61 Å². The lowest BCUT2D eigenvalue weighted by Gasteiger charge is -2.39. The van der Waals surface area contributed by atoms with Crippen molar-refractivity contribution in [2.24, 2.45) is 0 Å². The van der Waals surface area contributed by atoms with Gasteiger partial charge in [0.15, 0.2) is 6.61 Å². The van der Waals surface area contributed by atoms with Gasteiger partial charge in [0.2, 0.25) is 0 Å². The van der Waals surface area contributed by atoms with Gasteiger partial charge in [0.05, 0.1) is 3.57 Å². The third-order valence-corrected chi connectivity index (χ3v) is 4.35. The fourth-order valence-electron chi connectivity index (χ4n) is 2.09. The minimum Gasteiger partial charge on any atom is -0.483 e. The summed E-state index contributed by atoms with van der Waals surface area (Å²) < 4.78 is 41.9. The quantitative estimate of drug-likeness (QED) is 0.761. The molecule has 1 aliphatic rings. The van der Waals surface area contributed by atoms with E-state index in [-0.39, 0.29) is 17.2 Å². The zero-order chi connectivity index (χ0) is 15.7. The van der Waals surface area contributed by atoms with Crippen molar-refractivity contribution < 1.29 is 22.7 Å². The molecule has 0 radical (unpaired) electrons. The predicted molar refractivity (Wildman–Crippen MR) is 80.4 cm³/mol. The summed E-state index contributed by atoms with van der Waals surface area (Å²) >= 11 is 1.87. The molecule has 7 heteroatoms. The fraction of sp³-hybridized carbons (Fsp3) is 0.500. The van der Waals surface area contributed by atoms with Gasteiger partial charge < -0.3 is 10.1 Å². The molecule has 0 aliphatic heterocycles. The summed E-state index contributed by atoms with van der Waals surface area (Å²) in [7, 11) is 0. The van der Waals surface area contributed by atoms with Crippen LogP contribution < -0.4 is 10.1 Å². The molecule has 21 heavy (non-hydrogen) atoms. The molecular weight excluding hydrogens is 398 g/mol. The van der Waals surface area contributed by atoms with Crippen LogP contribution in [0.3, 0.4) is 0 Å². The molecule has 1 saturated carbocycles. The first-order valence-electron chi connectivity index (χ1n) is 6.50. The number of hydrogen-bond donors (Lipinski definition) is 1. The van der Waals surface area contributed by atoms with Crippen LogP contribution in [-0.4, -0.2) is 24.2 Å². The van der Waals surface area contributed by atoms with E-state index in [0.717, 1.165) is 19.3 Å². The van der Waals surface area contributed by atoms with Crippen molar-refractivity contribution in [3.05, 3.63) is 27.3 Å². The Morgan fingerprint density at radius 3 is 2.62 bits per heavy atom. The number of alkyl halides is 3. The normalized spacial score (nSPS) is 17.0. The predicted octanol–water partition coefficient (Wildman–Crippen LogP) is 3.90. The Balaban J connectivity index is 2.08. The summed E-state index contributed by atoms with van der Waals surface area (Å²) in [5.41, 5.74) is 0.105. The van der Waals surface area contributed by atoms with Crippen molar-refractivity contribution >= 4 is 28.5 Å². The van der Waals surface area contributed by atoms with Crippen LogP contribution >= 0.6 is 22.6 Å². The molecule has 3 nitrogen and oxygen atoms in total. The first kappa shape index (κ1) is 16.4. The van der Waals surface area contributed by atoms with Crippen LogP contribution in [0.25, 0.3) is 0 Å². The SMILES string of the molecule is CC1(NC(=O)c2ccc(I)c(OCC(F)(F)F)c2)CCC1. The number of hydrogen-bond acceptors (Lipinski definition) is 2. The maximum atomic E-state index is 12.2. The van der Waals surface area contributed by atoms with Crippen LogP contribution in [0.1, 0.15) is 36.5 Å². The summed E-state index contributed by atoms with van der Waals surface area (Å²) in [5.74, 6) is -0.218. The van der Waals surface area contributed by atoms with E-state index in [1.54, 1.807) is 12.1 Å². The Bertz CT molecular complexity index is 542. The molecule has 1 N–H and O–H groups in total. The Morgan fingerprint density at radius 1 is 1.43 bits per heavy atom. The average molecular weight is 413 g/mol. The second-order valence-electron chi connectivity index (χ2n) is 5.42. The molecule has 0 bridgehead atoms. The van der Waals surface area contributed by atoms with E-state index in [1.807, 2.05) is 29.5 Å². The van der Waals surface area contributed by atoms with Gasteiger partial charge in [-0.15, -0.1) is 0 Å². The molecule has 0 aromatic heterocycles. The first-order valence-corrected chi connectivity index (χ1v) is 7.58. The minimum atomic E-state index is -4.40. The fourth-order valence-corrected chi connectivity index (χ4v) is 2.58. The van der Waals surface area contributed by atoms with Gasteiger partial charge in [0.25, 0.3) is 5.91 Å². The molecule has 1 aromatic carbocycles. The lowest BCUT2D eigenvalue weighted by atomic mass is 9.78. The lowest BCUT2D eigenvalue weighted by molar-refractivity contribution is -0.153. The average Bonchev–Trinajstić information content (AvgIpc) is 2.34. The Kier molecular flexibility index (Phi) is 4.69. The molecule has 0 saturated heterocycles. The molecule has 0 spiro atoms. The van der Waals surface area contributed by atoms with Crippen molar-refractivity contribution in [1.82, 2.24) is 5.32 Å². The first-order chi connectivity index (χ1) is 9.69. The number of carbonyl (C=O) groups is 1. The summed E-state index contributed by atoms with van der Waals surface area (Å²) in [5, 5.41) is 2.91. The molecule has 1 aromatic rings. The molecule has 0 heterocycles. The second-order valence-corrected chi connectivity index (χ2v) is 6.58. The van der Waals surface area contributed by atoms with Crippen molar-refractivity contribution in [3.63, 3.8) is 0 Å². The molecule has 0 unspecified atom stereocenters. The Hall–Kier alpha value is -0.990. The standard InChI is InChI=1S/C14H15F3INO2/c1-13(5-2-6-13)19-12(20)9-3-4-10(18)11(7-9)21-8-14(15,16)17/h3-4,7H,2,5-6,8H2,1H3,(H,19,20). The maximum Gasteiger partial charge on any atom is 0.422 e. The lowest BCUT2D eigenvalue weighted by Crippen LogP contribution is -2.50. The minimum absolute atomic E-state index is 0.0688. The zero-order valence-corrected chi connectivity index (χ0v) is 13.5. The van der Waals surface area contributed by atoms with Gasteiger partial charge in [0, 0.05) is 11.1 Å². The smallest absolute Gasteiger partial charge is 0.422 e. The van der Waals surface area contributed by atoms with Gasteiger partial charge in [-0.05, 0) is 67.0 Å². The summed E-state index contributed by atoms with van der Waals surface area (Å²) in [6.45, 7) is 0.591. The van der Waals surface area contributed by atoms with Gasteiger partial charge in [-0.1, -0.05) is 0 Å². The van der Waals surface area contributed by atoms with Crippen LogP contribution in [0.4, 0.5) is 13.2 Å². The topological polar surface area (TPSA) is 38.3 Å². The molecular formula is C14H15F3INO2. The van der Waals surface area contributed by atoms with E-state index in [2.05, 4.69) is 5.32 Å². The van der Waals surface area contributed by atoms with E-state index in [0.29, 0.717) is 9.13 Å². The third kappa shape index (κ3) is 4.49. The van der Waals surface area contributed by atoms with E-state index in [1.165, 1.54) is 6.07 Å². The second kappa shape index (κ2) is 6.02. The van der Waals surface area contributed by atoms with Gasteiger partial charge in [0.1, 0.15) is 5.75 Å². The summed E-state index contributed by atoms with van der Waals surface area (Å²) in [6.07, 6.45) is -1.49. The highest BCUT2D eigenvalue weighted by Gasteiger charge is 2.33. The number of halogens is 4. The van der Waals surface area contributed by atoms with Gasteiger partial charge in [-0.2, -0.15) is 13.2 Å². The molecule has 116 valence electrons. The van der Waals surface area contributed by atoms with Crippen LogP contribution in [0.2, 0.25) is 0 Å². The van der Waals surface area contributed by atoms with Crippen LogP contribution in [0, 0.1) is 3.57 Å². The maximum absolute atomic E-state index is 12.2. The van der Waals surface area contributed by atoms with E-state index in [4.69, 9.17) is 4.74 Å². The monoisotopic (exact) mass is 413 g/mol. The van der Waals surface area contributed by atoms with E-state index >= 15 is 0 Å². The van der Waals surface area contributed by atoms with Crippen molar-refractivity contribution in [3.8, 4) is 5.75 Å². The van der Waals surface area contributed by atoms with Crippen molar-refractivity contribution in [2.45, 2.75) is 37.9 Å². The number of rotatable bonds is 4. The van der Waals surface area contributed by atoms with Crippen molar-refractivity contribution in [1.29, 1.82) is 0 Å². The molecule has 1 fully saturated rings. The molecule has 2 rings (SSSR count). The van der Waals surface area contributed by atoms with E-state index in [9.17, 15) is 18.0 Å². The number of carbonyl (C=O) groups excluding carboxylic acids is 1. The largest absolute Gasteiger partial charge is 0.483 e. The molecule has 1 aliphatic carbocycles. The summed E-state index contributed by atoms with van der Waals surface area (Å²) in [6, 6.07) is 4.51. The summed E-state index contributed by atoms with van der Waals surface area (Å²) in [4.78, 5) is 12.1. The highest BCUT2D eigenvalue weighted by molar-refractivity contribution is 14.1. The van der Waals surface area contributed by atoms with Gasteiger partial charge in [-0.3, -0.25) is 4.79 Å². The van der Waals surface area contributed by atoms with Crippen LogP contribution in [0.15, 0.2) is 18.2 Å². The van der Waals surface area contributed by atoms with E-state index < -0.39 is 12.8 Å². The Morgan fingerprint density at radius 2 is 2.10 bits per heavy atom. The van der Waals surface area contributed by atoms with Gasteiger partial charge in [-0.25, -0.2) is 0 Å². The highest BCUT2D eigenvalue weighted by Crippen LogP contribution is 2.31. The highest BCUT2D eigenvalue weighted by atomic mass is 127. The zero-order valence-electron chi connectivity index (χ0n) is 11.4. The molecule has 1 amide bonds. The number of benzene rings is 1. The van der Waals surface area contributed by atoms with Crippen LogP contribution in [-0.2, 0) is 0 Å². The Labute approximate surface area is 134 Å². The third-order valence-electron chi connectivity index (χ3n) is 3.46. The molecule has 0 atom stereocenters. The number of nitrogens with one attached hydrogen (secondary N) is 1. The number of ether oxygens (including phenoxy) is 1. The van der Waals surface area contributed by atoms with Gasteiger partial charge >= 0.3 is 6.18 Å².